The Morgan fingerprint density at radius 1 is 0.900 bits per heavy atom. The van der Waals surface area contributed by atoms with Gasteiger partial charge in [0.2, 0.25) is 0 Å². The lowest BCUT2D eigenvalue weighted by Crippen LogP contribution is -2.06. The van der Waals surface area contributed by atoms with Gasteiger partial charge in [0, 0.05) is 17.5 Å². The van der Waals surface area contributed by atoms with E-state index >= 15 is 0 Å². The third-order valence-electron chi connectivity index (χ3n) is 5.44. The van der Waals surface area contributed by atoms with Gasteiger partial charge in [0.25, 0.3) is 0 Å². The van der Waals surface area contributed by atoms with Crippen molar-refractivity contribution in [2.24, 2.45) is 0 Å². The number of ether oxygens (including phenoxy) is 1. The van der Waals surface area contributed by atoms with E-state index in [0.717, 1.165) is 48.5 Å². The number of benzene rings is 3. The molecule has 0 amide bonds. The number of carbonyl (C=O) groups excluding carboxylic acids is 1. The van der Waals surface area contributed by atoms with Gasteiger partial charge in [-0.05, 0) is 85.7 Å². The number of aryl methyl sites for hydroxylation is 2. The van der Waals surface area contributed by atoms with Crippen molar-refractivity contribution < 1.29 is 18.3 Å². The molecule has 0 aliphatic heterocycles. The van der Waals surface area contributed by atoms with Crippen LogP contribution >= 0.6 is 0 Å². The van der Waals surface area contributed by atoms with Crippen LogP contribution in [-0.2, 0) is 0 Å². The van der Waals surface area contributed by atoms with Crippen LogP contribution in [0.2, 0.25) is 0 Å². The number of carbonyl (C=O) groups is 1. The summed E-state index contributed by atoms with van der Waals surface area (Å²) in [7, 11) is 0. The van der Waals surface area contributed by atoms with E-state index in [4.69, 9.17) is 4.74 Å². The molecular formula is C26H26F2O2. The Labute approximate surface area is 176 Å². The van der Waals surface area contributed by atoms with E-state index in [-0.39, 0.29) is 5.92 Å². The second-order valence-corrected chi connectivity index (χ2v) is 7.59. The highest BCUT2D eigenvalue weighted by molar-refractivity contribution is 5.74. The van der Waals surface area contributed by atoms with E-state index in [2.05, 4.69) is 6.07 Å². The molecule has 0 aliphatic carbocycles. The summed E-state index contributed by atoms with van der Waals surface area (Å²) in [6.45, 7) is 4.62. The summed E-state index contributed by atoms with van der Waals surface area (Å²) < 4.78 is 33.7. The van der Waals surface area contributed by atoms with E-state index < -0.39 is 11.6 Å². The molecule has 0 heterocycles. The zero-order chi connectivity index (χ0) is 21.5. The lowest BCUT2D eigenvalue weighted by Gasteiger charge is -2.20. The van der Waals surface area contributed by atoms with Gasteiger partial charge in [-0.15, -0.1) is 0 Å². The van der Waals surface area contributed by atoms with Crippen LogP contribution in [-0.4, -0.2) is 12.9 Å². The standard InChI is InChI=1S/C26H26F2O2/c1-18-6-9-21(15-19(18)2)24(25-13-10-22(27)16-26(25)28)5-3-4-14-30-23-11-7-20(17-29)8-12-23/h6-13,15-17,24H,3-5,14H2,1-2H3/t24-/m1/s1. The van der Waals surface area contributed by atoms with Crippen LogP contribution in [0.15, 0.2) is 60.7 Å². The van der Waals surface area contributed by atoms with Crippen LogP contribution in [0.5, 0.6) is 5.75 Å². The maximum Gasteiger partial charge on any atom is 0.150 e. The number of aldehydes is 1. The first kappa shape index (κ1) is 21.7. The van der Waals surface area contributed by atoms with Gasteiger partial charge in [-0.25, -0.2) is 8.78 Å². The quantitative estimate of drug-likeness (QED) is 0.288. The maximum atomic E-state index is 14.5. The van der Waals surface area contributed by atoms with Gasteiger partial charge in [0.1, 0.15) is 23.7 Å². The lowest BCUT2D eigenvalue weighted by molar-refractivity contribution is 0.112. The summed E-state index contributed by atoms with van der Waals surface area (Å²) in [6, 6.07) is 17.0. The monoisotopic (exact) mass is 408 g/mol. The predicted molar refractivity (Wildman–Crippen MR) is 115 cm³/mol. The van der Waals surface area contributed by atoms with Crippen molar-refractivity contribution in [3.63, 3.8) is 0 Å². The molecule has 0 aliphatic rings. The molecule has 2 nitrogen and oxygen atoms in total. The molecule has 0 saturated heterocycles. The fraction of sp³-hybridized carbons (Fsp3) is 0.269. The van der Waals surface area contributed by atoms with E-state index in [1.807, 2.05) is 26.0 Å². The zero-order valence-electron chi connectivity index (χ0n) is 17.3. The van der Waals surface area contributed by atoms with Crippen molar-refractivity contribution in [3.8, 4) is 5.75 Å². The predicted octanol–water partition coefficient (Wildman–Crippen LogP) is 6.78. The molecule has 0 fully saturated rings. The van der Waals surface area contributed by atoms with E-state index in [1.54, 1.807) is 30.3 Å². The minimum atomic E-state index is -0.566. The largest absolute Gasteiger partial charge is 0.494 e. The van der Waals surface area contributed by atoms with Crippen LogP contribution in [0.3, 0.4) is 0 Å². The summed E-state index contributed by atoms with van der Waals surface area (Å²) in [6.07, 6.45) is 3.17. The molecule has 30 heavy (non-hydrogen) atoms. The lowest BCUT2D eigenvalue weighted by atomic mass is 9.85. The van der Waals surface area contributed by atoms with Crippen LogP contribution in [0.1, 0.15) is 57.8 Å². The molecule has 0 saturated carbocycles. The third kappa shape index (κ3) is 5.53. The highest BCUT2D eigenvalue weighted by Crippen LogP contribution is 2.33. The number of rotatable bonds is 9. The average molecular weight is 408 g/mol. The Bertz CT molecular complexity index is 996. The van der Waals surface area contributed by atoms with E-state index in [9.17, 15) is 13.6 Å². The molecule has 0 N–H and O–H groups in total. The highest BCUT2D eigenvalue weighted by Gasteiger charge is 2.19. The Balaban J connectivity index is 1.66. The third-order valence-corrected chi connectivity index (χ3v) is 5.44. The molecule has 0 unspecified atom stereocenters. The van der Waals surface area contributed by atoms with Crippen LogP contribution < -0.4 is 4.74 Å². The second kappa shape index (κ2) is 10.1. The molecule has 0 bridgehead atoms. The summed E-state index contributed by atoms with van der Waals surface area (Å²) in [5, 5.41) is 0. The van der Waals surface area contributed by atoms with Gasteiger partial charge >= 0.3 is 0 Å². The summed E-state index contributed by atoms with van der Waals surface area (Å²) >= 11 is 0. The van der Waals surface area contributed by atoms with Gasteiger partial charge in [0.05, 0.1) is 6.61 Å². The number of hydrogen-bond acceptors (Lipinski definition) is 2. The van der Waals surface area contributed by atoms with Crippen molar-refractivity contribution >= 4 is 6.29 Å². The molecule has 0 radical (unpaired) electrons. The summed E-state index contributed by atoms with van der Waals surface area (Å²) in [5.41, 5.74) is 4.51. The molecule has 156 valence electrons. The molecule has 3 aromatic rings. The zero-order valence-corrected chi connectivity index (χ0v) is 17.3. The first-order valence-corrected chi connectivity index (χ1v) is 10.2. The van der Waals surface area contributed by atoms with Crippen molar-refractivity contribution in [3.05, 3.63) is 100 Å². The maximum absolute atomic E-state index is 14.5. The van der Waals surface area contributed by atoms with Gasteiger partial charge in [-0.1, -0.05) is 24.3 Å². The highest BCUT2D eigenvalue weighted by atomic mass is 19.1. The van der Waals surface area contributed by atoms with Crippen molar-refractivity contribution in [2.45, 2.75) is 39.0 Å². The van der Waals surface area contributed by atoms with E-state index in [0.29, 0.717) is 17.7 Å². The minimum Gasteiger partial charge on any atom is -0.494 e. The van der Waals surface area contributed by atoms with E-state index in [1.165, 1.54) is 11.6 Å². The van der Waals surface area contributed by atoms with Crippen LogP contribution in [0.4, 0.5) is 8.78 Å². The Hall–Kier alpha value is -3.01. The Morgan fingerprint density at radius 2 is 1.67 bits per heavy atom. The smallest absolute Gasteiger partial charge is 0.150 e. The SMILES string of the molecule is Cc1ccc([C@@H](CCCCOc2ccc(C=O)cc2)c2ccc(F)cc2F)cc1C. The molecule has 3 rings (SSSR count). The van der Waals surface area contributed by atoms with Crippen molar-refractivity contribution in [1.29, 1.82) is 0 Å². The van der Waals surface area contributed by atoms with Gasteiger partial charge in [-0.2, -0.15) is 0 Å². The average Bonchev–Trinajstić information content (AvgIpc) is 2.74. The molecular weight excluding hydrogens is 382 g/mol. The van der Waals surface area contributed by atoms with Gasteiger partial charge in [-0.3, -0.25) is 4.79 Å². The minimum absolute atomic E-state index is 0.142. The van der Waals surface area contributed by atoms with Crippen molar-refractivity contribution in [2.75, 3.05) is 6.61 Å². The fourth-order valence-electron chi connectivity index (χ4n) is 3.55. The summed E-state index contributed by atoms with van der Waals surface area (Å²) in [5.74, 6) is -0.499. The first-order chi connectivity index (χ1) is 14.5. The van der Waals surface area contributed by atoms with Gasteiger partial charge in [0.15, 0.2) is 0 Å². The summed E-state index contributed by atoms with van der Waals surface area (Å²) in [4.78, 5) is 10.7. The number of hydrogen-bond donors (Lipinski definition) is 0. The first-order valence-electron chi connectivity index (χ1n) is 10.2. The molecule has 0 spiro atoms. The Kier molecular flexibility index (Phi) is 7.34. The Morgan fingerprint density at radius 3 is 2.33 bits per heavy atom. The van der Waals surface area contributed by atoms with Crippen molar-refractivity contribution in [1.82, 2.24) is 0 Å². The van der Waals surface area contributed by atoms with Crippen LogP contribution in [0, 0.1) is 25.5 Å². The normalized spacial score (nSPS) is 11.9. The molecule has 3 aromatic carbocycles. The topological polar surface area (TPSA) is 26.3 Å². The fourth-order valence-corrected chi connectivity index (χ4v) is 3.55. The number of unbranched alkanes of at least 4 members (excludes halogenated alkanes) is 1. The van der Waals surface area contributed by atoms with Crippen LogP contribution in [0.25, 0.3) is 0 Å². The second-order valence-electron chi connectivity index (χ2n) is 7.59. The van der Waals surface area contributed by atoms with Gasteiger partial charge < -0.3 is 4.74 Å². The molecule has 4 heteroatoms. The number of halogens is 2. The molecule has 1 atom stereocenters. The molecule has 0 aromatic heterocycles.